The molecule has 0 spiro atoms. The van der Waals surface area contributed by atoms with Gasteiger partial charge in [-0.05, 0) is 35.0 Å². The van der Waals surface area contributed by atoms with E-state index in [1.807, 2.05) is 22.9 Å². The quantitative estimate of drug-likeness (QED) is 0.730. The van der Waals surface area contributed by atoms with Crippen LogP contribution in [0, 0.1) is 0 Å². The molecule has 0 aliphatic rings. The van der Waals surface area contributed by atoms with Crippen LogP contribution < -0.4 is 4.74 Å². The predicted octanol–water partition coefficient (Wildman–Crippen LogP) is 3.88. The zero-order chi connectivity index (χ0) is 13.1. The second kappa shape index (κ2) is 5.45. The Balaban J connectivity index is 1.69. The van der Waals surface area contributed by atoms with E-state index in [1.165, 1.54) is 10.8 Å². The largest absolute Gasteiger partial charge is 0.492 e. The Hall–Kier alpha value is -1.81. The van der Waals surface area contributed by atoms with E-state index in [4.69, 9.17) is 4.74 Å². The number of nitrogens with zero attached hydrogens (tertiary/aromatic N) is 2. The van der Waals surface area contributed by atoms with Crippen molar-refractivity contribution in [2.24, 2.45) is 0 Å². The van der Waals surface area contributed by atoms with Gasteiger partial charge in [-0.1, -0.05) is 28.1 Å². The zero-order valence-corrected chi connectivity index (χ0v) is 11.9. The van der Waals surface area contributed by atoms with Crippen molar-refractivity contribution in [3.05, 3.63) is 59.6 Å². The Bertz CT molecular complexity index is 680. The summed E-state index contributed by atoms with van der Waals surface area (Å²) in [7, 11) is 0. The molecule has 2 aromatic carbocycles. The summed E-state index contributed by atoms with van der Waals surface area (Å²) in [4.78, 5) is 4.00. The van der Waals surface area contributed by atoms with Crippen molar-refractivity contribution in [3.63, 3.8) is 0 Å². The molecule has 1 heterocycles. The lowest BCUT2D eigenvalue weighted by molar-refractivity contribution is 0.298. The van der Waals surface area contributed by atoms with Gasteiger partial charge < -0.3 is 9.30 Å². The van der Waals surface area contributed by atoms with E-state index in [0.717, 1.165) is 16.8 Å². The smallest absolute Gasteiger partial charge is 0.120 e. The molecule has 0 aliphatic heterocycles. The third kappa shape index (κ3) is 2.96. The van der Waals surface area contributed by atoms with Gasteiger partial charge in [0.05, 0.1) is 12.9 Å². The summed E-state index contributed by atoms with van der Waals surface area (Å²) in [6.45, 7) is 1.44. The normalized spacial score (nSPS) is 10.8. The third-order valence-corrected chi connectivity index (χ3v) is 3.44. The van der Waals surface area contributed by atoms with Crippen LogP contribution in [0.2, 0.25) is 0 Å². The van der Waals surface area contributed by atoms with Crippen molar-refractivity contribution in [1.29, 1.82) is 0 Å². The minimum absolute atomic E-state index is 0.637. The van der Waals surface area contributed by atoms with Crippen molar-refractivity contribution in [2.45, 2.75) is 6.54 Å². The van der Waals surface area contributed by atoms with Crippen LogP contribution >= 0.6 is 15.9 Å². The van der Waals surface area contributed by atoms with Crippen LogP contribution in [0.5, 0.6) is 5.75 Å². The summed E-state index contributed by atoms with van der Waals surface area (Å²) in [6.07, 6.45) is 5.50. The first-order valence-corrected chi connectivity index (χ1v) is 6.88. The number of benzene rings is 2. The highest BCUT2D eigenvalue weighted by Crippen LogP contribution is 2.24. The molecule has 1 aromatic heterocycles. The van der Waals surface area contributed by atoms with Crippen LogP contribution in [-0.4, -0.2) is 16.2 Å². The number of imidazole rings is 1. The molecule has 0 saturated heterocycles. The van der Waals surface area contributed by atoms with E-state index in [2.05, 4.69) is 45.2 Å². The molecule has 0 unspecified atom stereocenters. The van der Waals surface area contributed by atoms with Crippen molar-refractivity contribution >= 4 is 26.7 Å². The van der Waals surface area contributed by atoms with E-state index in [0.29, 0.717) is 6.61 Å². The third-order valence-electron chi connectivity index (χ3n) is 2.95. The van der Waals surface area contributed by atoms with Crippen LogP contribution in [0.25, 0.3) is 10.8 Å². The summed E-state index contributed by atoms with van der Waals surface area (Å²) >= 11 is 3.47. The van der Waals surface area contributed by atoms with Gasteiger partial charge in [0, 0.05) is 16.9 Å². The fourth-order valence-electron chi connectivity index (χ4n) is 1.97. The van der Waals surface area contributed by atoms with Gasteiger partial charge in [-0.3, -0.25) is 0 Å². The van der Waals surface area contributed by atoms with Crippen LogP contribution in [0.3, 0.4) is 0 Å². The molecule has 19 heavy (non-hydrogen) atoms. The van der Waals surface area contributed by atoms with E-state index in [9.17, 15) is 0 Å². The first-order chi connectivity index (χ1) is 9.31. The number of rotatable bonds is 4. The van der Waals surface area contributed by atoms with Crippen LogP contribution in [-0.2, 0) is 6.54 Å². The van der Waals surface area contributed by atoms with Crippen molar-refractivity contribution < 1.29 is 4.74 Å². The number of hydrogen-bond donors (Lipinski definition) is 0. The second-order valence-electron chi connectivity index (χ2n) is 4.30. The monoisotopic (exact) mass is 316 g/mol. The number of aromatic nitrogens is 2. The summed E-state index contributed by atoms with van der Waals surface area (Å²) < 4.78 is 8.85. The lowest BCUT2D eigenvalue weighted by Crippen LogP contribution is -2.06. The Morgan fingerprint density at radius 2 is 1.95 bits per heavy atom. The topological polar surface area (TPSA) is 27.1 Å². The molecule has 0 radical (unpaired) electrons. The van der Waals surface area contributed by atoms with E-state index in [1.54, 1.807) is 12.5 Å². The highest BCUT2D eigenvalue weighted by Gasteiger charge is 1.99. The maximum absolute atomic E-state index is 5.76. The molecular weight excluding hydrogens is 304 g/mol. The highest BCUT2D eigenvalue weighted by molar-refractivity contribution is 9.10. The molecule has 0 aliphatic carbocycles. The van der Waals surface area contributed by atoms with Gasteiger partial charge in [0.1, 0.15) is 12.4 Å². The molecule has 96 valence electrons. The van der Waals surface area contributed by atoms with Crippen molar-refractivity contribution in [1.82, 2.24) is 9.55 Å². The minimum Gasteiger partial charge on any atom is -0.492 e. The molecular formula is C15H13BrN2O. The maximum Gasteiger partial charge on any atom is 0.120 e. The lowest BCUT2D eigenvalue weighted by Gasteiger charge is -2.08. The molecule has 0 fully saturated rings. The molecule has 3 nitrogen and oxygen atoms in total. The zero-order valence-electron chi connectivity index (χ0n) is 10.3. The fourth-order valence-corrected chi connectivity index (χ4v) is 2.35. The lowest BCUT2D eigenvalue weighted by atomic mass is 10.1. The minimum atomic E-state index is 0.637. The second-order valence-corrected chi connectivity index (χ2v) is 5.22. The SMILES string of the molecule is Brc1ccc2cc(OCCn3ccnc3)ccc2c1. The van der Waals surface area contributed by atoms with Crippen LogP contribution in [0.4, 0.5) is 0 Å². The first-order valence-electron chi connectivity index (χ1n) is 6.09. The standard InChI is InChI=1S/C15H13BrN2O/c16-14-3-1-13-10-15(4-2-12(13)9-14)19-8-7-18-6-5-17-11-18/h1-6,9-11H,7-8H2. The maximum atomic E-state index is 5.76. The van der Waals surface area contributed by atoms with Crippen LogP contribution in [0.15, 0.2) is 59.6 Å². The van der Waals surface area contributed by atoms with Gasteiger partial charge in [-0.25, -0.2) is 4.98 Å². The van der Waals surface area contributed by atoms with Crippen molar-refractivity contribution in [2.75, 3.05) is 6.61 Å². The molecule has 3 aromatic rings. The van der Waals surface area contributed by atoms with Gasteiger partial charge in [0.15, 0.2) is 0 Å². The number of halogens is 1. The highest BCUT2D eigenvalue weighted by atomic mass is 79.9. The van der Waals surface area contributed by atoms with E-state index in [-0.39, 0.29) is 0 Å². The predicted molar refractivity (Wildman–Crippen MR) is 79.4 cm³/mol. The van der Waals surface area contributed by atoms with Crippen LogP contribution in [0.1, 0.15) is 0 Å². The number of hydrogen-bond acceptors (Lipinski definition) is 2. The van der Waals surface area contributed by atoms with Gasteiger partial charge in [-0.2, -0.15) is 0 Å². The van der Waals surface area contributed by atoms with Gasteiger partial charge in [-0.15, -0.1) is 0 Å². The van der Waals surface area contributed by atoms with E-state index >= 15 is 0 Å². The van der Waals surface area contributed by atoms with Crippen molar-refractivity contribution in [3.8, 4) is 5.75 Å². The fraction of sp³-hybridized carbons (Fsp3) is 0.133. The summed E-state index contributed by atoms with van der Waals surface area (Å²) in [5.41, 5.74) is 0. The summed E-state index contributed by atoms with van der Waals surface area (Å²) in [6, 6.07) is 12.4. The average Bonchev–Trinajstić information content (AvgIpc) is 2.92. The molecule has 0 saturated carbocycles. The molecule has 0 amide bonds. The average molecular weight is 317 g/mol. The number of fused-ring (bicyclic) bond motifs is 1. The molecule has 0 atom stereocenters. The molecule has 0 N–H and O–H groups in total. The summed E-state index contributed by atoms with van der Waals surface area (Å²) in [5, 5.41) is 2.39. The van der Waals surface area contributed by atoms with Gasteiger partial charge in [0.2, 0.25) is 0 Å². The van der Waals surface area contributed by atoms with E-state index < -0.39 is 0 Å². The Morgan fingerprint density at radius 1 is 1.11 bits per heavy atom. The number of ether oxygens (including phenoxy) is 1. The molecule has 3 rings (SSSR count). The summed E-state index contributed by atoms with van der Waals surface area (Å²) in [5.74, 6) is 0.898. The first kappa shape index (κ1) is 12.2. The molecule has 0 bridgehead atoms. The Kier molecular flexibility index (Phi) is 3.51. The van der Waals surface area contributed by atoms with Gasteiger partial charge in [0.25, 0.3) is 0 Å². The molecule has 4 heteroatoms. The van der Waals surface area contributed by atoms with Gasteiger partial charge >= 0.3 is 0 Å². The Morgan fingerprint density at radius 3 is 2.79 bits per heavy atom. The Labute approximate surface area is 120 Å².